The topological polar surface area (TPSA) is 91.4 Å². The van der Waals surface area contributed by atoms with Gasteiger partial charge in [0.05, 0.1) is 35.9 Å². The van der Waals surface area contributed by atoms with Crippen molar-refractivity contribution in [3.05, 3.63) is 66.1 Å². The highest BCUT2D eigenvalue weighted by atomic mass is 16.5. The number of ether oxygens (including phenoxy) is 1. The molecule has 158 valence electrons. The Morgan fingerprint density at radius 3 is 2.58 bits per heavy atom. The summed E-state index contributed by atoms with van der Waals surface area (Å²) in [6.45, 7) is 2.06. The number of carbonyl (C=O) groups excluding carboxylic acids is 1. The van der Waals surface area contributed by atoms with Crippen molar-refractivity contribution in [2.24, 2.45) is 0 Å². The molecule has 1 fully saturated rings. The summed E-state index contributed by atoms with van der Waals surface area (Å²) in [5, 5.41) is 9.74. The smallest absolute Gasteiger partial charge is 0.257 e. The van der Waals surface area contributed by atoms with E-state index < -0.39 is 0 Å². The van der Waals surface area contributed by atoms with Crippen molar-refractivity contribution >= 4 is 28.8 Å². The van der Waals surface area contributed by atoms with Gasteiger partial charge in [-0.15, -0.1) is 0 Å². The van der Waals surface area contributed by atoms with Gasteiger partial charge < -0.3 is 25.6 Å². The van der Waals surface area contributed by atoms with Crippen molar-refractivity contribution in [1.82, 2.24) is 9.97 Å². The van der Waals surface area contributed by atoms with E-state index >= 15 is 0 Å². The standard InChI is InChI=1S/C23H24N6O2/c1-31-17-6-8-19(24-14-17)22-27-18-7-5-16(12-20(18)28-22)26-23(30)15-4-9-21(25-13-15)29-10-2-3-11-29/h4-9,12-14,22,27-28H,2-3,10-11H2,1H3,(H,26,30). The van der Waals surface area contributed by atoms with Crippen LogP contribution in [0.4, 0.5) is 22.9 Å². The minimum Gasteiger partial charge on any atom is -0.495 e. The van der Waals surface area contributed by atoms with E-state index in [1.165, 1.54) is 12.8 Å². The minimum atomic E-state index is -0.181. The van der Waals surface area contributed by atoms with E-state index in [1.807, 2.05) is 42.5 Å². The zero-order chi connectivity index (χ0) is 21.2. The van der Waals surface area contributed by atoms with Crippen molar-refractivity contribution in [2.75, 3.05) is 41.0 Å². The third-order valence-corrected chi connectivity index (χ3v) is 5.61. The lowest BCUT2D eigenvalue weighted by molar-refractivity contribution is 0.102. The van der Waals surface area contributed by atoms with Crippen LogP contribution < -0.4 is 25.6 Å². The highest BCUT2D eigenvalue weighted by molar-refractivity contribution is 6.04. The van der Waals surface area contributed by atoms with Gasteiger partial charge in [-0.3, -0.25) is 9.78 Å². The summed E-state index contributed by atoms with van der Waals surface area (Å²) in [5.74, 6) is 1.46. The van der Waals surface area contributed by atoms with Gasteiger partial charge in [-0.25, -0.2) is 4.98 Å². The number of amides is 1. The Balaban J connectivity index is 1.25. The molecule has 2 aliphatic heterocycles. The molecule has 5 rings (SSSR count). The number of anilines is 4. The van der Waals surface area contributed by atoms with Crippen LogP contribution in [0.3, 0.4) is 0 Å². The number of hydrogen-bond acceptors (Lipinski definition) is 7. The number of nitrogens with one attached hydrogen (secondary N) is 3. The first-order valence-electron chi connectivity index (χ1n) is 10.4. The first-order chi connectivity index (χ1) is 15.2. The molecule has 0 aliphatic carbocycles. The van der Waals surface area contributed by atoms with Gasteiger partial charge in [-0.2, -0.15) is 0 Å². The first-order valence-corrected chi connectivity index (χ1v) is 10.4. The Hall–Kier alpha value is -3.81. The highest BCUT2D eigenvalue weighted by Gasteiger charge is 2.22. The predicted molar refractivity (Wildman–Crippen MR) is 121 cm³/mol. The van der Waals surface area contributed by atoms with Gasteiger partial charge in [0.1, 0.15) is 17.7 Å². The lowest BCUT2D eigenvalue weighted by Crippen LogP contribution is -2.19. The van der Waals surface area contributed by atoms with E-state index in [2.05, 4.69) is 30.8 Å². The SMILES string of the molecule is COc1ccc(C2Nc3ccc(NC(=O)c4ccc(N5CCCC5)nc4)cc3N2)nc1. The fourth-order valence-corrected chi connectivity index (χ4v) is 3.90. The Morgan fingerprint density at radius 2 is 1.87 bits per heavy atom. The molecule has 0 bridgehead atoms. The molecule has 1 saturated heterocycles. The monoisotopic (exact) mass is 416 g/mol. The van der Waals surface area contributed by atoms with E-state index in [0.29, 0.717) is 17.0 Å². The lowest BCUT2D eigenvalue weighted by Gasteiger charge is -2.16. The van der Waals surface area contributed by atoms with Gasteiger partial charge in [0, 0.05) is 25.0 Å². The van der Waals surface area contributed by atoms with Gasteiger partial charge in [0.15, 0.2) is 0 Å². The van der Waals surface area contributed by atoms with E-state index in [4.69, 9.17) is 4.74 Å². The van der Waals surface area contributed by atoms with Crippen molar-refractivity contribution in [2.45, 2.75) is 19.0 Å². The maximum Gasteiger partial charge on any atom is 0.257 e. The van der Waals surface area contributed by atoms with E-state index in [1.54, 1.807) is 19.5 Å². The van der Waals surface area contributed by atoms with Crippen LogP contribution in [-0.2, 0) is 0 Å². The van der Waals surface area contributed by atoms with Crippen LogP contribution in [-0.4, -0.2) is 36.1 Å². The molecule has 1 aromatic carbocycles. The van der Waals surface area contributed by atoms with Crippen molar-refractivity contribution < 1.29 is 9.53 Å². The molecule has 3 N–H and O–H groups in total. The Labute approximate surface area is 180 Å². The average molecular weight is 416 g/mol. The van der Waals surface area contributed by atoms with Crippen LogP contribution in [0.25, 0.3) is 0 Å². The highest BCUT2D eigenvalue weighted by Crippen LogP contribution is 2.36. The molecule has 2 aromatic heterocycles. The molecule has 1 amide bonds. The lowest BCUT2D eigenvalue weighted by atomic mass is 10.2. The van der Waals surface area contributed by atoms with Crippen molar-refractivity contribution in [1.29, 1.82) is 0 Å². The predicted octanol–water partition coefficient (Wildman–Crippen LogP) is 3.87. The number of benzene rings is 1. The number of carbonyl (C=O) groups is 1. The van der Waals surface area contributed by atoms with Crippen molar-refractivity contribution in [3.8, 4) is 5.75 Å². The van der Waals surface area contributed by atoms with Crippen LogP contribution >= 0.6 is 0 Å². The number of rotatable bonds is 5. The number of fused-ring (bicyclic) bond motifs is 1. The minimum absolute atomic E-state index is 0.144. The number of hydrogen-bond donors (Lipinski definition) is 3. The van der Waals surface area contributed by atoms with Crippen molar-refractivity contribution in [3.63, 3.8) is 0 Å². The van der Waals surface area contributed by atoms with Crippen LogP contribution in [0, 0.1) is 0 Å². The zero-order valence-electron chi connectivity index (χ0n) is 17.3. The normalized spacial score (nSPS) is 16.9. The van der Waals surface area contributed by atoms with Gasteiger partial charge in [-0.05, 0) is 55.3 Å². The summed E-state index contributed by atoms with van der Waals surface area (Å²) in [6, 6.07) is 13.3. The Morgan fingerprint density at radius 1 is 1.03 bits per heavy atom. The number of nitrogens with zero attached hydrogens (tertiary/aromatic N) is 3. The molecule has 1 atom stereocenters. The Kier molecular flexibility index (Phi) is 5.03. The maximum absolute atomic E-state index is 12.7. The molecule has 0 radical (unpaired) electrons. The molecule has 8 nitrogen and oxygen atoms in total. The first kappa shape index (κ1) is 19.2. The molecule has 4 heterocycles. The second kappa shape index (κ2) is 8.14. The summed E-state index contributed by atoms with van der Waals surface area (Å²) in [7, 11) is 1.62. The zero-order valence-corrected chi connectivity index (χ0v) is 17.3. The molecule has 2 aliphatic rings. The summed E-state index contributed by atoms with van der Waals surface area (Å²) in [4.78, 5) is 23.8. The fourth-order valence-electron chi connectivity index (χ4n) is 3.90. The van der Waals surface area contributed by atoms with Crippen LogP contribution in [0.2, 0.25) is 0 Å². The van der Waals surface area contributed by atoms with Crippen LogP contribution in [0.1, 0.15) is 35.1 Å². The number of aromatic nitrogens is 2. The molecular formula is C23H24N6O2. The summed E-state index contributed by atoms with van der Waals surface area (Å²) >= 11 is 0. The second-order valence-electron chi connectivity index (χ2n) is 7.66. The van der Waals surface area contributed by atoms with Gasteiger partial charge in [-0.1, -0.05) is 0 Å². The number of pyridine rings is 2. The van der Waals surface area contributed by atoms with Crippen LogP contribution in [0.15, 0.2) is 54.9 Å². The van der Waals surface area contributed by atoms with E-state index in [9.17, 15) is 4.79 Å². The van der Waals surface area contributed by atoms with Gasteiger partial charge in [0.2, 0.25) is 0 Å². The molecule has 0 saturated carbocycles. The number of methoxy groups -OCH3 is 1. The second-order valence-corrected chi connectivity index (χ2v) is 7.66. The quantitative estimate of drug-likeness (QED) is 0.581. The molecule has 31 heavy (non-hydrogen) atoms. The maximum atomic E-state index is 12.7. The fraction of sp³-hybridized carbons (Fsp3) is 0.261. The molecule has 1 unspecified atom stereocenters. The van der Waals surface area contributed by atoms with Crippen LogP contribution in [0.5, 0.6) is 5.75 Å². The third-order valence-electron chi connectivity index (χ3n) is 5.61. The molecule has 0 spiro atoms. The van der Waals surface area contributed by atoms with E-state index in [-0.39, 0.29) is 12.1 Å². The molecular weight excluding hydrogens is 392 g/mol. The largest absolute Gasteiger partial charge is 0.495 e. The summed E-state index contributed by atoms with van der Waals surface area (Å²) in [6.07, 6.45) is 5.58. The third kappa shape index (κ3) is 3.96. The van der Waals surface area contributed by atoms with E-state index in [0.717, 1.165) is 36.0 Å². The average Bonchev–Trinajstić information content (AvgIpc) is 3.49. The van der Waals surface area contributed by atoms with Gasteiger partial charge >= 0.3 is 0 Å². The van der Waals surface area contributed by atoms with Gasteiger partial charge in [0.25, 0.3) is 5.91 Å². The summed E-state index contributed by atoms with van der Waals surface area (Å²) < 4.78 is 5.16. The summed E-state index contributed by atoms with van der Waals surface area (Å²) in [5.41, 5.74) is 3.96. The molecule has 3 aromatic rings. The molecule has 8 heteroatoms. The Bertz CT molecular complexity index is 1080.